The number of sulfonamides is 1. The molecular formula is C24H26BrN5O3S2. The van der Waals surface area contributed by atoms with E-state index in [9.17, 15) is 13.2 Å². The van der Waals surface area contributed by atoms with E-state index in [4.69, 9.17) is 9.97 Å². The first-order valence-corrected chi connectivity index (χ1v) is 14.8. The normalized spacial score (nSPS) is 17.3. The van der Waals surface area contributed by atoms with Crippen molar-refractivity contribution in [3.05, 3.63) is 53.0 Å². The van der Waals surface area contributed by atoms with Gasteiger partial charge >= 0.3 is 0 Å². The second-order valence-electron chi connectivity index (χ2n) is 8.56. The lowest BCUT2D eigenvalue weighted by molar-refractivity contribution is -0.129. The molecule has 0 radical (unpaired) electrons. The van der Waals surface area contributed by atoms with Gasteiger partial charge in [-0.25, -0.2) is 18.4 Å². The van der Waals surface area contributed by atoms with Crippen molar-refractivity contribution in [1.29, 1.82) is 0 Å². The number of benzene rings is 2. The molecule has 0 saturated carbocycles. The van der Waals surface area contributed by atoms with Crippen LogP contribution in [0, 0.1) is 0 Å². The average molecular weight is 577 g/mol. The van der Waals surface area contributed by atoms with Crippen LogP contribution in [0.2, 0.25) is 0 Å². The quantitative estimate of drug-likeness (QED) is 0.415. The van der Waals surface area contributed by atoms with Crippen molar-refractivity contribution < 1.29 is 13.2 Å². The maximum absolute atomic E-state index is 13.0. The zero-order chi connectivity index (χ0) is 24.4. The molecule has 3 aromatic rings. The molecule has 11 heteroatoms. The number of amides is 1. The highest BCUT2D eigenvalue weighted by Gasteiger charge is 2.30. The minimum absolute atomic E-state index is 0.0157. The summed E-state index contributed by atoms with van der Waals surface area (Å²) >= 11 is 4.75. The lowest BCUT2D eigenvalue weighted by Gasteiger charge is -2.34. The molecule has 0 unspecified atom stereocenters. The van der Waals surface area contributed by atoms with Crippen LogP contribution in [0.15, 0.2) is 62.9 Å². The number of hydrogen-bond donors (Lipinski definition) is 0. The lowest BCUT2D eigenvalue weighted by atomic mass is 10.3. The van der Waals surface area contributed by atoms with Crippen LogP contribution in [-0.4, -0.2) is 78.5 Å². The van der Waals surface area contributed by atoms with Gasteiger partial charge in [-0.2, -0.15) is 4.31 Å². The largest absolute Gasteiger partial charge is 0.354 e. The molecule has 2 saturated heterocycles. The van der Waals surface area contributed by atoms with E-state index >= 15 is 0 Å². The first-order valence-electron chi connectivity index (χ1n) is 11.6. The maximum atomic E-state index is 13.0. The minimum atomic E-state index is -3.57. The molecule has 184 valence electrons. The number of thioether (sulfide) groups is 1. The zero-order valence-corrected chi connectivity index (χ0v) is 22.4. The van der Waals surface area contributed by atoms with Gasteiger partial charge < -0.3 is 9.80 Å². The maximum Gasteiger partial charge on any atom is 0.243 e. The second-order valence-corrected chi connectivity index (χ2v) is 12.4. The van der Waals surface area contributed by atoms with Crippen molar-refractivity contribution in [1.82, 2.24) is 19.2 Å². The van der Waals surface area contributed by atoms with Gasteiger partial charge in [0, 0.05) is 43.7 Å². The smallest absolute Gasteiger partial charge is 0.243 e. The SMILES string of the molecule is O=C(CSc1nc2ccccc2nc1N1CCCC1)N1CCN(S(=O)(=O)c2ccc(Br)cc2)CC1. The van der Waals surface area contributed by atoms with E-state index in [-0.39, 0.29) is 29.6 Å². The number of hydrogen-bond acceptors (Lipinski definition) is 7. The number of nitrogens with zero attached hydrogens (tertiary/aromatic N) is 5. The number of halogens is 1. The fraction of sp³-hybridized carbons (Fsp3) is 0.375. The summed E-state index contributed by atoms with van der Waals surface area (Å²) in [6.45, 7) is 3.20. The van der Waals surface area contributed by atoms with Crippen molar-refractivity contribution in [2.75, 3.05) is 49.9 Å². The lowest BCUT2D eigenvalue weighted by Crippen LogP contribution is -2.50. The Balaban J connectivity index is 1.23. The Morgan fingerprint density at radius 3 is 2.17 bits per heavy atom. The van der Waals surface area contributed by atoms with E-state index in [1.807, 2.05) is 24.3 Å². The van der Waals surface area contributed by atoms with Crippen LogP contribution in [-0.2, 0) is 14.8 Å². The minimum Gasteiger partial charge on any atom is -0.354 e. The Morgan fingerprint density at radius 2 is 1.51 bits per heavy atom. The third-order valence-electron chi connectivity index (χ3n) is 6.30. The molecule has 35 heavy (non-hydrogen) atoms. The number of fused-ring (bicyclic) bond motifs is 1. The molecule has 1 amide bonds. The van der Waals surface area contributed by atoms with Gasteiger partial charge in [0.15, 0.2) is 5.82 Å². The molecule has 0 N–H and O–H groups in total. The number of anilines is 1. The number of carbonyl (C=O) groups excluding carboxylic acids is 1. The molecule has 0 bridgehead atoms. The first-order chi connectivity index (χ1) is 16.9. The summed E-state index contributed by atoms with van der Waals surface area (Å²) in [5.41, 5.74) is 1.67. The molecule has 5 rings (SSSR count). The van der Waals surface area contributed by atoms with Gasteiger partial charge in [-0.1, -0.05) is 39.8 Å². The van der Waals surface area contributed by atoms with Gasteiger partial charge in [0.2, 0.25) is 15.9 Å². The van der Waals surface area contributed by atoms with E-state index < -0.39 is 10.0 Å². The van der Waals surface area contributed by atoms with Gasteiger partial charge in [0.05, 0.1) is 21.7 Å². The number of piperazine rings is 1. The molecule has 0 spiro atoms. The zero-order valence-electron chi connectivity index (χ0n) is 19.1. The predicted octanol–water partition coefficient (Wildman–Crippen LogP) is 3.62. The summed E-state index contributed by atoms with van der Waals surface area (Å²) < 4.78 is 28.2. The average Bonchev–Trinajstić information content (AvgIpc) is 3.42. The number of rotatable bonds is 6. The summed E-state index contributed by atoms with van der Waals surface area (Å²) in [6, 6.07) is 14.4. The van der Waals surface area contributed by atoms with Gasteiger partial charge in [-0.05, 0) is 49.2 Å². The summed E-state index contributed by atoms with van der Waals surface area (Å²) in [7, 11) is -3.57. The Bertz CT molecular complexity index is 1320. The molecular weight excluding hydrogens is 550 g/mol. The highest BCUT2D eigenvalue weighted by atomic mass is 79.9. The van der Waals surface area contributed by atoms with Crippen molar-refractivity contribution in [3.8, 4) is 0 Å². The molecule has 2 aromatic carbocycles. The summed E-state index contributed by atoms with van der Waals surface area (Å²) in [5, 5.41) is 0.774. The first kappa shape index (κ1) is 24.5. The van der Waals surface area contributed by atoms with Crippen LogP contribution < -0.4 is 4.90 Å². The summed E-state index contributed by atoms with van der Waals surface area (Å²) in [6.07, 6.45) is 2.26. The fourth-order valence-electron chi connectivity index (χ4n) is 4.36. The molecule has 2 aliphatic heterocycles. The van der Waals surface area contributed by atoms with Crippen LogP contribution in [0.25, 0.3) is 11.0 Å². The standard InChI is InChI=1S/C24H26BrN5O3S2/c25-18-7-9-19(10-8-18)35(32,33)30-15-13-28(14-16-30)22(31)17-34-24-23(29-11-3-4-12-29)26-20-5-1-2-6-21(20)27-24/h1-2,5-10H,3-4,11-17H2. The van der Waals surface area contributed by atoms with E-state index in [1.165, 1.54) is 16.1 Å². The molecule has 2 aliphatic rings. The van der Waals surface area contributed by atoms with Gasteiger partial charge in [-0.3, -0.25) is 4.79 Å². The summed E-state index contributed by atoms with van der Waals surface area (Å²) in [4.78, 5) is 26.9. The third-order valence-corrected chi connectivity index (χ3v) is 9.68. The Labute approximate surface area is 217 Å². The molecule has 8 nitrogen and oxygen atoms in total. The Hall–Kier alpha value is -2.21. The van der Waals surface area contributed by atoms with Gasteiger partial charge in [0.25, 0.3) is 0 Å². The Kier molecular flexibility index (Phi) is 7.29. The molecule has 0 aliphatic carbocycles. The van der Waals surface area contributed by atoms with Crippen molar-refractivity contribution in [2.24, 2.45) is 0 Å². The van der Waals surface area contributed by atoms with E-state index in [1.54, 1.807) is 29.2 Å². The van der Waals surface area contributed by atoms with Crippen molar-refractivity contribution >= 4 is 60.5 Å². The van der Waals surface area contributed by atoms with E-state index in [0.717, 1.165) is 52.3 Å². The van der Waals surface area contributed by atoms with Crippen LogP contribution in [0.4, 0.5) is 5.82 Å². The van der Waals surface area contributed by atoms with E-state index in [0.29, 0.717) is 13.1 Å². The molecule has 2 fully saturated rings. The number of para-hydroxylation sites is 2. The molecule has 0 atom stereocenters. The van der Waals surface area contributed by atoms with Crippen LogP contribution in [0.1, 0.15) is 12.8 Å². The molecule has 3 heterocycles. The number of carbonyl (C=O) groups is 1. The monoisotopic (exact) mass is 575 g/mol. The van der Waals surface area contributed by atoms with Gasteiger partial charge in [-0.15, -0.1) is 0 Å². The number of aromatic nitrogens is 2. The third kappa shape index (κ3) is 5.32. The Morgan fingerprint density at radius 1 is 0.886 bits per heavy atom. The van der Waals surface area contributed by atoms with Crippen LogP contribution in [0.3, 0.4) is 0 Å². The predicted molar refractivity (Wildman–Crippen MR) is 141 cm³/mol. The highest BCUT2D eigenvalue weighted by Crippen LogP contribution is 2.31. The van der Waals surface area contributed by atoms with Crippen molar-refractivity contribution in [2.45, 2.75) is 22.8 Å². The molecule has 1 aromatic heterocycles. The van der Waals surface area contributed by atoms with Gasteiger partial charge in [0.1, 0.15) is 5.03 Å². The fourth-order valence-corrected chi connectivity index (χ4v) is 6.96. The van der Waals surface area contributed by atoms with E-state index in [2.05, 4.69) is 20.8 Å². The van der Waals surface area contributed by atoms with Crippen LogP contribution >= 0.6 is 27.7 Å². The topological polar surface area (TPSA) is 86.7 Å². The highest BCUT2D eigenvalue weighted by molar-refractivity contribution is 9.10. The summed E-state index contributed by atoms with van der Waals surface area (Å²) in [5.74, 6) is 1.08. The second kappa shape index (κ2) is 10.4. The van der Waals surface area contributed by atoms with Crippen LogP contribution in [0.5, 0.6) is 0 Å². The van der Waals surface area contributed by atoms with Crippen molar-refractivity contribution in [3.63, 3.8) is 0 Å².